The summed E-state index contributed by atoms with van der Waals surface area (Å²) in [6.45, 7) is 6.23. The smallest absolute Gasteiger partial charge is 0.309 e. The molecule has 0 aromatic carbocycles. The lowest BCUT2D eigenvalue weighted by Gasteiger charge is -2.38. The third-order valence-electron chi connectivity index (χ3n) is 4.22. The van der Waals surface area contributed by atoms with Crippen molar-refractivity contribution in [1.29, 1.82) is 0 Å². The van der Waals surface area contributed by atoms with E-state index in [0.717, 1.165) is 12.8 Å². The molecule has 0 aliphatic carbocycles. The molecule has 0 spiro atoms. The molecule has 1 aliphatic rings. The topological polar surface area (TPSA) is 83.6 Å². The quantitative estimate of drug-likeness (QED) is 0.914. The number of aromatic nitrogens is 1. The Morgan fingerprint density at radius 3 is 2.75 bits per heavy atom. The van der Waals surface area contributed by atoms with Crippen LogP contribution in [0.15, 0.2) is 10.8 Å². The Balaban J connectivity index is 2.13. The van der Waals surface area contributed by atoms with Crippen molar-refractivity contribution >= 4 is 11.9 Å². The van der Waals surface area contributed by atoms with Crippen molar-refractivity contribution in [2.75, 3.05) is 13.1 Å². The van der Waals surface area contributed by atoms with Gasteiger partial charge in [0.1, 0.15) is 0 Å². The fourth-order valence-electron chi connectivity index (χ4n) is 2.58. The summed E-state index contributed by atoms with van der Waals surface area (Å²) in [6.07, 6.45) is 2.88. The highest BCUT2D eigenvalue weighted by Gasteiger charge is 2.40. The van der Waals surface area contributed by atoms with Crippen LogP contribution in [0, 0.1) is 18.3 Å². The van der Waals surface area contributed by atoms with Crippen LogP contribution in [-0.4, -0.2) is 40.0 Å². The molecular weight excluding hydrogens is 260 g/mol. The highest BCUT2D eigenvalue weighted by molar-refractivity contribution is 5.92. The number of nitrogens with zero attached hydrogens (tertiary/aromatic N) is 2. The highest BCUT2D eigenvalue weighted by atomic mass is 16.4. The lowest BCUT2D eigenvalue weighted by Crippen LogP contribution is -2.46. The number of likely N-dealkylation sites (tertiary alicyclic amines) is 1. The molecule has 0 bridgehead atoms. The van der Waals surface area contributed by atoms with Crippen molar-refractivity contribution in [3.63, 3.8) is 0 Å². The standard InChI is InChI=1S/C14H20N2O4/c1-9-11(20-8-15-9)12(17)16-6-4-5-10(7-16)14(2,3)13(18)19/h8,10H,4-7H2,1-3H3,(H,18,19). The van der Waals surface area contributed by atoms with E-state index < -0.39 is 11.4 Å². The number of piperidine rings is 1. The Kier molecular flexibility index (Phi) is 3.83. The van der Waals surface area contributed by atoms with E-state index in [4.69, 9.17) is 4.42 Å². The molecule has 1 unspecified atom stereocenters. The maximum Gasteiger partial charge on any atom is 0.309 e. The van der Waals surface area contributed by atoms with Crippen LogP contribution in [0.25, 0.3) is 0 Å². The maximum absolute atomic E-state index is 12.4. The van der Waals surface area contributed by atoms with Crippen LogP contribution in [0.1, 0.15) is 42.9 Å². The number of carbonyl (C=O) groups is 2. The van der Waals surface area contributed by atoms with E-state index in [1.165, 1.54) is 6.39 Å². The van der Waals surface area contributed by atoms with Gasteiger partial charge >= 0.3 is 5.97 Å². The van der Waals surface area contributed by atoms with E-state index in [0.29, 0.717) is 18.8 Å². The SMILES string of the molecule is Cc1ncoc1C(=O)N1CCCC(C(C)(C)C(=O)O)C1. The van der Waals surface area contributed by atoms with Crippen LogP contribution < -0.4 is 0 Å². The molecule has 1 aliphatic heterocycles. The molecule has 1 amide bonds. The van der Waals surface area contributed by atoms with Gasteiger partial charge in [-0.1, -0.05) is 0 Å². The molecule has 0 saturated carbocycles. The van der Waals surface area contributed by atoms with Crippen LogP contribution in [0.5, 0.6) is 0 Å². The first-order valence-corrected chi connectivity index (χ1v) is 6.76. The predicted molar refractivity (Wildman–Crippen MR) is 71.3 cm³/mol. The molecular formula is C14H20N2O4. The molecule has 1 atom stereocenters. The summed E-state index contributed by atoms with van der Waals surface area (Å²) in [5, 5.41) is 9.31. The van der Waals surface area contributed by atoms with Crippen molar-refractivity contribution in [2.45, 2.75) is 33.6 Å². The van der Waals surface area contributed by atoms with Crippen LogP contribution in [0.2, 0.25) is 0 Å². The second kappa shape index (κ2) is 5.26. The Morgan fingerprint density at radius 2 is 2.20 bits per heavy atom. The normalized spacial score (nSPS) is 19.9. The number of hydrogen-bond acceptors (Lipinski definition) is 4. The first-order chi connectivity index (χ1) is 9.34. The molecule has 2 heterocycles. The molecule has 110 valence electrons. The van der Waals surface area contributed by atoms with Gasteiger partial charge in [-0.15, -0.1) is 0 Å². The van der Waals surface area contributed by atoms with Gasteiger partial charge in [-0.25, -0.2) is 4.98 Å². The molecule has 6 heteroatoms. The third kappa shape index (κ3) is 2.55. The first kappa shape index (κ1) is 14.6. The summed E-state index contributed by atoms with van der Waals surface area (Å²) in [5.41, 5.74) is -0.273. The van der Waals surface area contributed by atoms with E-state index in [1.54, 1.807) is 25.7 Å². The largest absolute Gasteiger partial charge is 0.481 e. The van der Waals surface area contributed by atoms with E-state index in [-0.39, 0.29) is 17.6 Å². The van der Waals surface area contributed by atoms with Gasteiger partial charge in [0.25, 0.3) is 5.91 Å². The van der Waals surface area contributed by atoms with E-state index in [2.05, 4.69) is 4.98 Å². The number of aliphatic carboxylic acids is 1. The summed E-state index contributed by atoms with van der Waals surface area (Å²) in [4.78, 5) is 29.3. The molecule has 1 aromatic heterocycles. The minimum Gasteiger partial charge on any atom is -0.481 e. The van der Waals surface area contributed by atoms with Crippen LogP contribution >= 0.6 is 0 Å². The Bertz CT molecular complexity index is 521. The monoisotopic (exact) mass is 280 g/mol. The van der Waals surface area contributed by atoms with Gasteiger partial charge in [0, 0.05) is 13.1 Å². The highest BCUT2D eigenvalue weighted by Crippen LogP contribution is 2.34. The summed E-state index contributed by atoms with van der Waals surface area (Å²) < 4.78 is 5.13. The summed E-state index contributed by atoms with van der Waals surface area (Å²) >= 11 is 0. The molecule has 1 aromatic rings. The number of rotatable bonds is 3. The number of carboxylic acids is 1. The van der Waals surface area contributed by atoms with Gasteiger partial charge in [0.05, 0.1) is 11.1 Å². The molecule has 2 rings (SSSR count). The van der Waals surface area contributed by atoms with Gasteiger partial charge in [0.15, 0.2) is 6.39 Å². The predicted octanol–water partition coefficient (Wildman–Crippen LogP) is 1.95. The molecule has 6 nitrogen and oxygen atoms in total. The number of carbonyl (C=O) groups excluding carboxylic acids is 1. The number of oxazole rings is 1. The van der Waals surface area contributed by atoms with E-state index in [9.17, 15) is 14.7 Å². The maximum atomic E-state index is 12.4. The Labute approximate surface area is 117 Å². The zero-order valence-electron chi connectivity index (χ0n) is 12.0. The van der Waals surface area contributed by atoms with Crippen molar-refractivity contribution in [3.8, 4) is 0 Å². The van der Waals surface area contributed by atoms with Crippen molar-refractivity contribution in [3.05, 3.63) is 17.8 Å². The third-order valence-corrected chi connectivity index (χ3v) is 4.22. The van der Waals surface area contributed by atoms with Gasteiger partial charge in [0.2, 0.25) is 5.76 Å². The number of hydrogen-bond donors (Lipinski definition) is 1. The summed E-state index contributed by atoms with van der Waals surface area (Å²) in [6, 6.07) is 0. The minimum absolute atomic E-state index is 0.0547. The zero-order chi connectivity index (χ0) is 14.9. The lowest BCUT2D eigenvalue weighted by molar-refractivity contribution is -0.151. The van der Waals surface area contributed by atoms with E-state index in [1.807, 2.05) is 0 Å². The molecule has 0 radical (unpaired) electrons. The minimum atomic E-state index is -0.838. The molecule has 1 fully saturated rings. The summed E-state index contributed by atoms with van der Waals surface area (Å²) in [7, 11) is 0. The van der Waals surface area contributed by atoms with Crippen LogP contribution in [0.4, 0.5) is 0 Å². The van der Waals surface area contributed by atoms with Gasteiger partial charge in [-0.2, -0.15) is 0 Å². The fraction of sp³-hybridized carbons (Fsp3) is 0.643. The number of amides is 1. The second-order valence-electron chi connectivity index (χ2n) is 5.88. The lowest BCUT2D eigenvalue weighted by atomic mass is 9.74. The van der Waals surface area contributed by atoms with Crippen LogP contribution in [-0.2, 0) is 4.79 Å². The zero-order valence-corrected chi connectivity index (χ0v) is 12.0. The molecule has 20 heavy (non-hydrogen) atoms. The Morgan fingerprint density at radius 1 is 1.50 bits per heavy atom. The molecule has 1 saturated heterocycles. The number of aryl methyl sites for hydroxylation is 1. The summed E-state index contributed by atoms with van der Waals surface area (Å²) in [5.74, 6) is -0.835. The molecule has 1 N–H and O–H groups in total. The van der Waals surface area contributed by atoms with Crippen LogP contribution in [0.3, 0.4) is 0 Å². The average Bonchev–Trinajstić information content (AvgIpc) is 2.84. The second-order valence-corrected chi connectivity index (χ2v) is 5.88. The first-order valence-electron chi connectivity index (χ1n) is 6.76. The van der Waals surface area contributed by atoms with Crippen molar-refractivity contribution in [1.82, 2.24) is 9.88 Å². The number of carboxylic acid groups (broad SMARTS) is 1. The fourth-order valence-corrected chi connectivity index (χ4v) is 2.58. The van der Waals surface area contributed by atoms with E-state index >= 15 is 0 Å². The van der Waals surface area contributed by atoms with Crippen molar-refractivity contribution in [2.24, 2.45) is 11.3 Å². The van der Waals surface area contributed by atoms with Gasteiger partial charge in [-0.05, 0) is 39.5 Å². The average molecular weight is 280 g/mol. The van der Waals surface area contributed by atoms with Gasteiger partial charge < -0.3 is 14.4 Å². The van der Waals surface area contributed by atoms with Crippen molar-refractivity contribution < 1.29 is 19.1 Å². The Hall–Kier alpha value is -1.85. The van der Waals surface area contributed by atoms with Gasteiger partial charge in [-0.3, -0.25) is 9.59 Å².